The summed E-state index contributed by atoms with van der Waals surface area (Å²) < 4.78 is 11.2. The molecule has 0 fully saturated rings. The third-order valence-electron chi connectivity index (χ3n) is 3.24. The highest BCUT2D eigenvalue weighted by Gasteiger charge is 2.16. The number of aromatic nitrogens is 1. The largest absolute Gasteiger partial charge is 0.454 e. The highest BCUT2D eigenvalue weighted by Crippen LogP contribution is 2.36. The number of fused-ring (bicyclic) bond motifs is 1. The first-order valence-electron chi connectivity index (χ1n) is 7.23. The molecular weight excluding hydrogens is 392 g/mol. The molecule has 0 atom stereocenters. The van der Waals surface area contributed by atoms with Gasteiger partial charge in [0.15, 0.2) is 11.5 Å². The van der Waals surface area contributed by atoms with Crippen molar-refractivity contribution in [3.8, 4) is 11.5 Å². The number of carbonyl (C=O) groups excluding carboxylic acids is 2. The van der Waals surface area contributed by atoms with E-state index in [9.17, 15) is 9.59 Å². The van der Waals surface area contributed by atoms with Crippen LogP contribution in [0.5, 0.6) is 11.5 Å². The van der Waals surface area contributed by atoms with Crippen molar-refractivity contribution >= 4 is 34.0 Å². The van der Waals surface area contributed by atoms with E-state index in [1.54, 1.807) is 36.7 Å². The molecule has 0 unspecified atom stereocenters. The number of nitrogens with one attached hydrogen (secondary N) is 2. The predicted molar refractivity (Wildman–Crippen MR) is 92.1 cm³/mol. The van der Waals surface area contributed by atoms with Crippen LogP contribution in [0, 0.1) is 0 Å². The molecule has 0 bridgehead atoms. The molecule has 128 valence electrons. The molecule has 0 aliphatic carbocycles. The van der Waals surface area contributed by atoms with Crippen molar-refractivity contribution in [2.24, 2.45) is 5.10 Å². The molecule has 1 aromatic heterocycles. The molecule has 1 aliphatic heterocycles. The maximum atomic E-state index is 11.7. The molecule has 0 saturated carbocycles. The highest BCUT2D eigenvalue weighted by molar-refractivity contribution is 9.10. The number of rotatable bonds is 4. The molecule has 1 aromatic carbocycles. The van der Waals surface area contributed by atoms with Gasteiger partial charge in [-0.1, -0.05) is 6.07 Å². The lowest BCUT2D eigenvalue weighted by atomic mass is 10.2. The third-order valence-corrected chi connectivity index (χ3v) is 3.93. The van der Waals surface area contributed by atoms with Crippen molar-refractivity contribution in [2.75, 3.05) is 6.79 Å². The van der Waals surface area contributed by atoms with Crippen molar-refractivity contribution in [3.05, 3.63) is 52.3 Å². The van der Waals surface area contributed by atoms with Crippen LogP contribution in [0.25, 0.3) is 0 Å². The Kier molecular flexibility index (Phi) is 5.24. The van der Waals surface area contributed by atoms with E-state index in [1.165, 1.54) is 6.21 Å². The van der Waals surface area contributed by atoms with Crippen molar-refractivity contribution in [3.63, 3.8) is 0 Å². The third kappa shape index (κ3) is 4.32. The molecule has 2 N–H and O–H groups in total. The lowest BCUT2D eigenvalue weighted by molar-refractivity contribution is -0.139. The van der Waals surface area contributed by atoms with Crippen molar-refractivity contribution in [1.82, 2.24) is 15.7 Å². The number of hydrazone groups is 1. The van der Waals surface area contributed by atoms with Crippen LogP contribution in [0.15, 0.2) is 46.2 Å². The second kappa shape index (κ2) is 7.75. The van der Waals surface area contributed by atoms with Crippen molar-refractivity contribution < 1.29 is 19.1 Å². The van der Waals surface area contributed by atoms with Gasteiger partial charge in [-0.05, 0) is 39.7 Å². The Hall–Kier alpha value is -2.94. The van der Waals surface area contributed by atoms with E-state index >= 15 is 0 Å². The van der Waals surface area contributed by atoms with Crippen LogP contribution in [-0.4, -0.2) is 29.8 Å². The maximum absolute atomic E-state index is 11.7. The Labute approximate surface area is 151 Å². The first-order chi connectivity index (χ1) is 12.1. The number of carbonyl (C=O) groups is 2. The van der Waals surface area contributed by atoms with Gasteiger partial charge in [0, 0.05) is 29.0 Å². The normalized spacial score (nSPS) is 12.2. The average Bonchev–Trinajstić information content (AvgIpc) is 3.07. The molecule has 9 heteroatoms. The fourth-order valence-corrected chi connectivity index (χ4v) is 2.43. The Balaban J connectivity index is 1.53. The van der Waals surface area contributed by atoms with E-state index in [1.807, 2.05) is 0 Å². The Morgan fingerprint density at radius 2 is 2.08 bits per heavy atom. The summed E-state index contributed by atoms with van der Waals surface area (Å²) in [6.07, 6.45) is 4.63. The van der Waals surface area contributed by atoms with Gasteiger partial charge in [-0.3, -0.25) is 14.6 Å². The second-order valence-electron chi connectivity index (χ2n) is 4.97. The molecule has 0 radical (unpaired) electrons. The zero-order valence-electron chi connectivity index (χ0n) is 12.9. The van der Waals surface area contributed by atoms with Gasteiger partial charge in [-0.2, -0.15) is 5.10 Å². The number of halogens is 1. The van der Waals surface area contributed by atoms with Crippen LogP contribution in [-0.2, 0) is 16.1 Å². The van der Waals surface area contributed by atoms with Gasteiger partial charge in [-0.15, -0.1) is 0 Å². The number of hydrogen-bond donors (Lipinski definition) is 2. The highest BCUT2D eigenvalue weighted by atomic mass is 79.9. The minimum atomic E-state index is -0.864. The number of pyridine rings is 1. The topological polar surface area (TPSA) is 102 Å². The molecule has 2 amide bonds. The minimum absolute atomic E-state index is 0.163. The molecular formula is C16H13BrN4O4. The number of amides is 2. The summed E-state index contributed by atoms with van der Waals surface area (Å²) in [5.74, 6) is -0.434. The van der Waals surface area contributed by atoms with Gasteiger partial charge < -0.3 is 14.8 Å². The SMILES string of the molecule is O=C(NCc1cccnc1)C(=O)NN=Cc1cc2c(cc1Br)OCO2. The van der Waals surface area contributed by atoms with Crippen molar-refractivity contribution in [2.45, 2.75) is 6.54 Å². The summed E-state index contributed by atoms with van der Waals surface area (Å²) in [5.41, 5.74) is 3.63. The van der Waals surface area contributed by atoms with Gasteiger partial charge in [0.25, 0.3) is 0 Å². The first-order valence-corrected chi connectivity index (χ1v) is 8.02. The fourth-order valence-electron chi connectivity index (χ4n) is 2.01. The quantitative estimate of drug-likeness (QED) is 0.454. The monoisotopic (exact) mass is 404 g/mol. The molecule has 2 heterocycles. The zero-order valence-corrected chi connectivity index (χ0v) is 14.4. The van der Waals surface area contributed by atoms with Crippen LogP contribution < -0.4 is 20.2 Å². The fraction of sp³-hybridized carbons (Fsp3) is 0.125. The number of nitrogens with zero attached hydrogens (tertiary/aromatic N) is 2. The summed E-state index contributed by atoms with van der Waals surface area (Å²) >= 11 is 3.37. The first kappa shape index (κ1) is 16.9. The molecule has 0 spiro atoms. The zero-order chi connectivity index (χ0) is 17.6. The van der Waals surface area contributed by atoms with Crippen molar-refractivity contribution in [1.29, 1.82) is 0 Å². The van der Waals surface area contributed by atoms with E-state index in [4.69, 9.17) is 9.47 Å². The molecule has 1 aliphatic rings. The molecule has 8 nitrogen and oxygen atoms in total. The van der Waals surface area contributed by atoms with E-state index in [2.05, 4.69) is 36.8 Å². The molecule has 25 heavy (non-hydrogen) atoms. The lowest BCUT2D eigenvalue weighted by Gasteiger charge is -2.04. The van der Waals surface area contributed by atoms with E-state index < -0.39 is 11.8 Å². The van der Waals surface area contributed by atoms with E-state index in [-0.39, 0.29) is 13.3 Å². The van der Waals surface area contributed by atoms with E-state index in [0.29, 0.717) is 17.1 Å². The smallest absolute Gasteiger partial charge is 0.329 e. The van der Waals surface area contributed by atoms with Crippen LogP contribution in [0.4, 0.5) is 0 Å². The van der Waals surface area contributed by atoms with Crippen LogP contribution in [0.2, 0.25) is 0 Å². The van der Waals surface area contributed by atoms with Gasteiger partial charge in [0.1, 0.15) is 0 Å². The standard InChI is InChI=1S/C16H13BrN4O4/c17-12-5-14-13(24-9-25-14)4-11(12)8-20-21-16(23)15(22)19-7-10-2-1-3-18-6-10/h1-6,8H,7,9H2,(H,19,22)(H,21,23). The maximum Gasteiger partial charge on any atom is 0.329 e. The predicted octanol–water partition coefficient (Wildman–Crippen LogP) is 1.34. The molecule has 0 saturated heterocycles. The summed E-state index contributed by atoms with van der Waals surface area (Å²) in [5, 5.41) is 6.26. The van der Waals surface area contributed by atoms with Gasteiger partial charge in [0.05, 0.1) is 6.21 Å². The summed E-state index contributed by atoms with van der Waals surface area (Å²) in [6, 6.07) is 6.99. The average molecular weight is 405 g/mol. The summed E-state index contributed by atoms with van der Waals surface area (Å²) in [4.78, 5) is 27.4. The van der Waals surface area contributed by atoms with E-state index in [0.717, 1.165) is 10.0 Å². The van der Waals surface area contributed by atoms with Gasteiger partial charge in [-0.25, -0.2) is 5.43 Å². The Bertz CT molecular complexity index is 826. The number of hydrogen-bond acceptors (Lipinski definition) is 6. The number of ether oxygens (including phenoxy) is 2. The van der Waals surface area contributed by atoms with Crippen LogP contribution in [0.1, 0.15) is 11.1 Å². The number of benzene rings is 1. The lowest BCUT2D eigenvalue weighted by Crippen LogP contribution is -2.37. The summed E-state index contributed by atoms with van der Waals surface area (Å²) in [7, 11) is 0. The molecule has 2 aromatic rings. The minimum Gasteiger partial charge on any atom is -0.454 e. The Morgan fingerprint density at radius 3 is 2.84 bits per heavy atom. The van der Waals surface area contributed by atoms with Gasteiger partial charge in [0.2, 0.25) is 6.79 Å². The summed E-state index contributed by atoms with van der Waals surface area (Å²) in [6.45, 7) is 0.369. The van der Waals surface area contributed by atoms with Gasteiger partial charge >= 0.3 is 11.8 Å². The van der Waals surface area contributed by atoms with Crippen LogP contribution >= 0.6 is 15.9 Å². The van der Waals surface area contributed by atoms with Crippen LogP contribution in [0.3, 0.4) is 0 Å². The second-order valence-corrected chi connectivity index (χ2v) is 5.82. The Morgan fingerprint density at radius 1 is 1.28 bits per heavy atom. The molecule has 3 rings (SSSR count).